The molecule has 1 N–H and O–H groups in total. The third-order valence-corrected chi connectivity index (χ3v) is 8.37. The quantitative estimate of drug-likeness (QED) is 0.584. The van der Waals surface area contributed by atoms with E-state index in [-0.39, 0.29) is 34.9 Å². The van der Waals surface area contributed by atoms with E-state index in [1.165, 1.54) is 6.92 Å². The Labute approximate surface area is 150 Å². The number of aliphatic hydroxyl groups excluding tert-OH is 1. The van der Waals surface area contributed by atoms with Gasteiger partial charge in [0.2, 0.25) is 0 Å². The lowest BCUT2D eigenvalue weighted by molar-refractivity contribution is -0.227. The first-order valence-corrected chi connectivity index (χ1v) is 9.76. The van der Waals surface area contributed by atoms with Crippen LogP contribution in [0.25, 0.3) is 0 Å². The van der Waals surface area contributed by atoms with Crippen molar-refractivity contribution in [2.24, 2.45) is 28.6 Å². The van der Waals surface area contributed by atoms with Gasteiger partial charge in [0, 0.05) is 12.8 Å². The minimum absolute atomic E-state index is 0.0765. The Bertz CT molecular complexity index is 654. The first kappa shape index (κ1) is 17.3. The molecule has 4 heteroatoms. The zero-order chi connectivity index (χ0) is 18.2. The number of allylic oxidation sites excluding steroid dienone is 1. The molecule has 0 heterocycles. The highest BCUT2D eigenvalue weighted by Crippen LogP contribution is 2.70. The van der Waals surface area contributed by atoms with Gasteiger partial charge < -0.3 is 9.84 Å². The summed E-state index contributed by atoms with van der Waals surface area (Å²) in [5.41, 5.74) is -0.522. The summed E-state index contributed by atoms with van der Waals surface area (Å²) in [4.78, 5) is 24.9. The first-order valence-electron chi connectivity index (χ1n) is 9.76. The zero-order valence-corrected chi connectivity index (χ0v) is 15.6. The van der Waals surface area contributed by atoms with Gasteiger partial charge in [-0.25, -0.2) is 0 Å². The molecule has 7 atom stereocenters. The minimum atomic E-state index is -0.655. The normalized spacial score (nSPS) is 51.7. The smallest absolute Gasteiger partial charge is 0.303 e. The SMILES string of the molecule is C=C1C(=O)C23CC1CCC2C1(C)CCCC(C)(OC(C)=O)C1CC3O. The highest BCUT2D eigenvalue weighted by atomic mass is 16.6. The van der Waals surface area contributed by atoms with Crippen LogP contribution in [0, 0.1) is 28.6 Å². The Morgan fingerprint density at radius 1 is 1.24 bits per heavy atom. The largest absolute Gasteiger partial charge is 0.459 e. The van der Waals surface area contributed by atoms with Gasteiger partial charge in [0.15, 0.2) is 5.78 Å². The van der Waals surface area contributed by atoms with Crippen LogP contribution in [0.3, 0.4) is 0 Å². The van der Waals surface area contributed by atoms with Crippen molar-refractivity contribution in [1.29, 1.82) is 0 Å². The van der Waals surface area contributed by atoms with E-state index in [0.29, 0.717) is 6.42 Å². The number of aliphatic hydroxyl groups is 1. The van der Waals surface area contributed by atoms with E-state index < -0.39 is 17.1 Å². The lowest BCUT2D eigenvalue weighted by atomic mass is 9.42. The highest BCUT2D eigenvalue weighted by Gasteiger charge is 2.70. The maximum absolute atomic E-state index is 13.2. The molecule has 0 aromatic carbocycles. The van der Waals surface area contributed by atoms with Crippen LogP contribution in [0.15, 0.2) is 12.2 Å². The minimum Gasteiger partial charge on any atom is -0.459 e. The third-order valence-electron chi connectivity index (χ3n) is 8.37. The number of hydrogen-bond acceptors (Lipinski definition) is 4. The second kappa shape index (κ2) is 5.18. The standard InChI is InChI=1S/C21H30O4/c1-12-14-6-7-15-19(3)8-5-9-20(4,25-13(2)22)16(19)10-17(23)21(15,11-14)18(12)24/h14-17,23H,1,5-11H2,2-4H3. The molecular weight excluding hydrogens is 316 g/mol. The van der Waals surface area contributed by atoms with Crippen molar-refractivity contribution in [3.05, 3.63) is 12.2 Å². The van der Waals surface area contributed by atoms with Gasteiger partial charge in [0.25, 0.3) is 0 Å². The summed E-state index contributed by atoms with van der Waals surface area (Å²) in [6.45, 7) is 9.84. The van der Waals surface area contributed by atoms with Gasteiger partial charge >= 0.3 is 5.97 Å². The van der Waals surface area contributed by atoms with E-state index in [1.807, 2.05) is 6.92 Å². The van der Waals surface area contributed by atoms with Crippen LogP contribution in [-0.4, -0.2) is 28.6 Å². The molecule has 4 aliphatic rings. The van der Waals surface area contributed by atoms with E-state index in [1.54, 1.807) is 0 Å². The monoisotopic (exact) mass is 346 g/mol. The van der Waals surface area contributed by atoms with Crippen molar-refractivity contribution in [2.45, 2.75) is 77.4 Å². The summed E-state index contributed by atoms with van der Waals surface area (Å²) < 4.78 is 5.81. The number of ether oxygens (including phenoxy) is 1. The number of esters is 1. The number of Topliss-reactive ketones (excluding diaryl/α,β-unsaturated/α-hetero) is 1. The predicted molar refractivity (Wildman–Crippen MR) is 93.7 cm³/mol. The van der Waals surface area contributed by atoms with Crippen molar-refractivity contribution < 1.29 is 19.4 Å². The molecule has 0 aromatic rings. The van der Waals surface area contributed by atoms with Crippen molar-refractivity contribution in [3.8, 4) is 0 Å². The fraction of sp³-hybridized carbons (Fsp3) is 0.810. The summed E-state index contributed by atoms with van der Waals surface area (Å²) in [7, 11) is 0. The van der Waals surface area contributed by atoms with Crippen LogP contribution >= 0.6 is 0 Å². The molecule has 4 nitrogen and oxygen atoms in total. The fourth-order valence-electron chi connectivity index (χ4n) is 7.43. The number of rotatable bonds is 1. The topological polar surface area (TPSA) is 63.6 Å². The summed E-state index contributed by atoms with van der Waals surface area (Å²) in [5, 5.41) is 11.2. The van der Waals surface area contributed by atoms with Gasteiger partial charge in [-0.3, -0.25) is 9.59 Å². The number of hydrogen-bond donors (Lipinski definition) is 1. The van der Waals surface area contributed by atoms with E-state index in [9.17, 15) is 14.7 Å². The van der Waals surface area contributed by atoms with Gasteiger partial charge in [-0.05, 0) is 74.7 Å². The molecule has 25 heavy (non-hydrogen) atoms. The highest BCUT2D eigenvalue weighted by molar-refractivity contribution is 6.03. The Morgan fingerprint density at radius 2 is 1.96 bits per heavy atom. The van der Waals surface area contributed by atoms with Crippen LogP contribution < -0.4 is 0 Å². The van der Waals surface area contributed by atoms with Gasteiger partial charge in [0.1, 0.15) is 5.60 Å². The molecule has 7 unspecified atom stereocenters. The van der Waals surface area contributed by atoms with E-state index in [0.717, 1.165) is 44.1 Å². The molecule has 0 aromatic heterocycles. The molecule has 4 saturated carbocycles. The van der Waals surface area contributed by atoms with E-state index in [4.69, 9.17) is 4.74 Å². The maximum Gasteiger partial charge on any atom is 0.303 e. The van der Waals surface area contributed by atoms with Crippen LogP contribution in [0.5, 0.6) is 0 Å². The molecule has 0 amide bonds. The molecular formula is C21H30O4. The molecule has 0 radical (unpaired) electrons. The van der Waals surface area contributed by atoms with Crippen LogP contribution in [0.1, 0.15) is 65.7 Å². The van der Waals surface area contributed by atoms with Gasteiger partial charge in [-0.15, -0.1) is 0 Å². The van der Waals surface area contributed by atoms with Gasteiger partial charge in [-0.1, -0.05) is 13.5 Å². The number of carbonyl (C=O) groups excluding carboxylic acids is 2. The number of carbonyl (C=O) groups is 2. The molecule has 4 rings (SSSR count). The summed E-state index contributed by atoms with van der Waals surface area (Å²) in [6, 6.07) is 0. The van der Waals surface area contributed by atoms with Gasteiger partial charge in [0.05, 0.1) is 11.5 Å². The fourth-order valence-corrected chi connectivity index (χ4v) is 7.43. The molecule has 4 aliphatic carbocycles. The Kier molecular flexibility index (Phi) is 3.58. The summed E-state index contributed by atoms with van der Waals surface area (Å²) in [5.74, 6) is 0.373. The lowest BCUT2D eigenvalue weighted by Gasteiger charge is -2.64. The molecule has 4 fully saturated rings. The summed E-state index contributed by atoms with van der Waals surface area (Å²) >= 11 is 0. The van der Waals surface area contributed by atoms with Crippen molar-refractivity contribution in [3.63, 3.8) is 0 Å². The molecule has 0 saturated heterocycles. The van der Waals surface area contributed by atoms with Crippen molar-refractivity contribution >= 4 is 11.8 Å². The predicted octanol–water partition coefficient (Wildman–Crippen LogP) is 3.42. The average Bonchev–Trinajstić information content (AvgIpc) is 2.71. The average molecular weight is 346 g/mol. The molecule has 138 valence electrons. The van der Waals surface area contributed by atoms with Crippen LogP contribution in [-0.2, 0) is 14.3 Å². The maximum atomic E-state index is 13.2. The number of ketones is 1. The summed E-state index contributed by atoms with van der Waals surface area (Å²) in [6.07, 6.45) is 5.49. The molecule has 2 bridgehead atoms. The lowest BCUT2D eigenvalue weighted by Crippen LogP contribution is -2.65. The van der Waals surface area contributed by atoms with Crippen molar-refractivity contribution in [2.75, 3.05) is 0 Å². The molecule has 1 spiro atoms. The van der Waals surface area contributed by atoms with E-state index >= 15 is 0 Å². The van der Waals surface area contributed by atoms with E-state index in [2.05, 4.69) is 13.5 Å². The van der Waals surface area contributed by atoms with Crippen LogP contribution in [0.2, 0.25) is 0 Å². The number of fused-ring (bicyclic) bond motifs is 3. The molecule has 0 aliphatic heterocycles. The second-order valence-electron chi connectivity index (χ2n) is 9.50. The van der Waals surface area contributed by atoms with Crippen molar-refractivity contribution in [1.82, 2.24) is 0 Å². The second-order valence-corrected chi connectivity index (χ2v) is 9.50. The Hall–Kier alpha value is -1.16. The third kappa shape index (κ3) is 2.03. The Balaban J connectivity index is 1.79. The van der Waals surface area contributed by atoms with Gasteiger partial charge in [-0.2, -0.15) is 0 Å². The zero-order valence-electron chi connectivity index (χ0n) is 15.6. The Morgan fingerprint density at radius 3 is 2.64 bits per heavy atom. The van der Waals surface area contributed by atoms with Crippen LogP contribution in [0.4, 0.5) is 0 Å². The first-order chi connectivity index (χ1) is 11.6.